The second kappa shape index (κ2) is 3.83. The average Bonchev–Trinajstić information content (AvgIpc) is 2.71. The van der Waals surface area contributed by atoms with Gasteiger partial charge in [0.05, 0.1) is 10.2 Å². The van der Waals surface area contributed by atoms with Crippen molar-refractivity contribution >= 4 is 32.5 Å². The molecule has 1 unspecified atom stereocenters. The van der Waals surface area contributed by atoms with Crippen LogP contribution in [0.3, 0.4) is 0 Å². The Morgan fingerprint density at radius 1 is 1.41 bits per heavy atom. The molecular weight excluding hydrogens is 234 g/mol. The molecule has 86 valence electrons. The predicted octanol–water partition coefficient (Wildman–Crippen LogP) is 1.44. The van der Waals surface area contributed by atoms with Gasteiger partial charge in [-0.15, -0.1) is 0 Å². The third-order valence-corrected chi connectivity index (χ3v) is 3.57. The first-order valence-corrected chi connectivity index (χ1v) is 5.99. The number of nitrogens with one attached hydrogen (secondary N) is 2. The van der Waals surface area contributed by atoms with Crippen LogP contribution in [0.2, 0.25) is 0 Å². The number of amidine groups is 1. The van der Waals surface area contributed by atoms with Crippen LogP contribution in [0.1, 0.15) is 0 Å². The van der Waals surface area contributed by atoms with Gasteiger partial charge in [-0.25, -0.2) is 4.98 Å². The van der Waals surface area contributed by atoms with E-state index in [0.717, 1.165) is 15.3 Å². The van der Waals surface area contributed by atoms with E-state index in [1.165, 1.54) is 11.3 Å². The summed E-state index contributed by atoms with van der Waals surface area (Å²) in [7, 11) is 0. The van der Waals surface area contributed by atoms with Crippen molar-refractivity contribution in [3.05, 3.63) is 36.5 Å². The van der Waals surface area contributed by atoms with E-state index in [1.807, 2.05) is 24.3 Å². The van der Waals surface area contributed by atoms with E-state index in [1.54, 1.807) is 17.2 Å². The smallest absolute Gasteiger partial charge is 0.194 e. The second-order valence-corrected chi connectivity index (χ2v) is 4.67. The highest BCUT2D eigenvalue weighted by molar-refractivity contribution is 7.22. The van der Waals surface area contributed by atoms with Crippen LogP contribution in [0, 0.1) is 5.41 Å². The van der Waals surface area contributed by atoms with Crippen molar-refractivity contribution in [2.45, 2.75) is 6.29 Å². The van der Waals surface area contributed by atoms with Gasteiger partial charge in [0.25, 0.3) is 0 Å². The Bertz CT molecular complexity index is 570. The fraction of sp³-hybridized carbons (Fsp3) is 0.0909. The molecule has 6 heteroatoms. The van der Waals surface area contributed by atoms with E-state index in [-0.39, 0.29) is 0 Å². The summed E-state index contributed by atoms with van der Waals surface area (Å²) in [5.41, 5.74) is 6.85. The normalized spacial score (nSPS) is 19.7. The van der Waals surface area contributed by atoms with Gasteiger partial charge >= 0.3 is 0 Å². The molecule has 1 aromatic heterocycles. The zero-order valence-corrected chi connectivity index (χ0v) is 9.74. The topological polar surface area (TPSA) is 78.0 Å². The molecule has 5 nitrogen and oxygen atoms in total. The summed E-state index contributed by atoms with van der Waals surface area (Å²) in [6.45, 7) is 0. The van der Waals surface area contributed by atoms with Crippen LogP contribution >= 0.6 is 11.3 Å². The first-order chi connectivity index (χ1) is 8.25. The number of anilines is 1. The van der Waals surface area contributed by atoms with Crippen molar-refractivity contribution < 1.29 is 0 Å². The Morgan fingerprint density at radius 3 is 3.00 bits per heavy atom. The molecule has 2 heterocycles. The van der Waals surface area contributed by atoms with Crippen molar-refractivity contribution in [2.24, 2.45) is 5.73 Å². The molecule has 0 saturated heterocycles. The third-order valence-electron chi connectivity index (χ3n) is 2.53. The summed E-state index contributed by atoms with van der Waals surface area (Å²) in [5, 5.41) is 11.6. The number of hydrogen-bond donors (Lipinski definition) is 3. The van der Waals surface area contributed by atoms with Crippen LogP contribution in [0.4, 0.5) is 5.13 Å². The van der Waals surface area contributed by atoms with Crippen LogP contribution in [0.5, 0.6) is 0 Å². The van der Waals surface area contributed by atoms with Crippen molar-refractivity contribution in [3.63, 3.8) is 0 Å². The van der Waals surface area contributed by atoms with Gasteiger partial charge in [0.2, 0.25) is 0 Å². The zero-order valence-electron chi connectivity index (χ0n) is 8.92. The number of aromatic nitrogens is 1. The molecule has 3 rings (SSSR count). The molecule has 0 bridgehead atoms. The lowest BCUT2D eigenvalue weighted by atomic mass is 10.3. The van der Waals surface area contributed by atoms with Gasteiger partial charge in [-0.05, 0) is 18.2 Å². The molecule has 0 fully saturated rings. The maximum absolute atomic E-state index is 7.87. The van der Waals surface area contributed by atoms with E-state index in [2.05, 4.69) is 10.3 Å². The number of fused-ring (bicyclic) bond motifs is 1. The van der Waals surface area contributed by atoms with E-state index >= 15 is 0 Å². The standard InChI is InChI=1S/C11H11N5S/c12-9-5-6-14-10(13)16(9)11-15-7-3-1-2-4-8(7)17-11/h1-6,10,12,14H,13H2. The lowest BCUT2D eigenvalue weighted by Gasteiger charge is -2.30. The van der Waals surface area contributed by atoms with Gasteiger partial charge in [0.15, 0.2) is 11.4 Å². The minimum absolute atomic E-state index is 0.343. The average molecular weight is 245 g/mol. The van der Waals surface area contributed by atoms with Crippen molar-refractivity contribution in [1.29, 1.82) is 5.41 Å². The molecule has 0 aliphatic carbocycles. The summed E-state index contributed by atoms with van der Waals surface area (Å²) in [6.07, 6.45) is 2.90. The number of benzene rings is 1. The molecule has 4 N–H and O–H groups in total. The molecule has 1 aromatic carbocycles. The molecule has 17 heavy (non-hydrogen) atoms. The van der Waals surface area contributed by atoms with Crippen molar-refractivity contribution in [1.82, 2.24) is 10.3 Å². The Labute approximate surface area is 102 Å². The first-order valence-electron chi connectivity index (χ1n) is 5.17. The highest BCUT2D eigenvalue weighted by Gasteiger charge is 2.23. The van der Waals surface area contributed by atoms with Gasteiger partial charge in [-0.1, -0.05) is 23.5 Å². The lowest BCUT2D eigenvalue weighted by molar-refractivity contribution is 0.618. The number of para-hydroxylation sites is 1. The Kier molecular flexibility index (Phi) is 2.31. The first kappa shape index (κ1) is 10.2. The monoisotopic (exact) mass is 245 g/mol. The van der Waals surface area contributed by atoms with Crippen molar-refractivity contribution in [3.8, 4) is 0 Å². The maximum Gasteiger partial charge on any atom is 0.194 e. The highest BCUT2D eigenvalue weighted by atomic mass is 32.1. The van der Waals surface area contributed by atoms with E-state index in [4.69, 9.17) is 11.1 Å². The van der Waals surface area contributed by atoms with Crippen LogP contribution in [0.15, 0.2) is 36.5 Å². The Balaban J connectivity index is 2.08. The van der Waals surface area contributed by atoms with Crippen LogP contribution in [0.25, 0.3) is 10.2 Å². The minimum atomic E-state index is -0.437. The SMILES string of the molecule is N=C1C=CNC(N)N1c1nc2ccccc2s1. The van der Waals surface area contributed by atoms with Gasteiger partial charge < -0.3 is 5.32 Å². The van der Waals surface area contributed by atoms with Gasteiger partial charge in [0, 0.05) is 6.20 Å². The Morgan fingerprint density at radius 2 is 2.24 bits per heavy atom. The van der Waals surface area contributed by atoms with E-state index < -0.39 is 6.29 Å². The number of thiazole rings is 1. The van der Waals surface area contributed by atoms with Crippen molar-refractivity contribution in [2.75, 3.05) is 4.90 Å². The molecular formula is C11H11N5S. The van der Waals surface area contributed by atoms with Crippen LogP contribution < -0.4 is 16.0 Å². The molecule has 1 aliphatic rings. The van der Waals surface area contributed by atoms with Gasteiger partial charge in [0.1, 0.15) is 5.84 Å². The number of nitrogens with zero attached hydrogens (tertiary/aromatic N) is 2. The second-order valence-electron chi connectivity index (χ2n) is 3.66. The van der Waals surface area contributed by atoms with Crippen LogP contribution in [-0.4, -0.2) is 17.1 Å². The molecule has 0 spiro atoms. The summed E-state index contributed by atoms with van der Waals surface area (Å²) >= 11 is 1.53. The predicted molar refractivity (Wildman–Crippen MR) is 70.1 cm³/mol. The minimum Gasteiger partial charge on any atom is -0.359 e. The summed E-state index contributed by atoms with van der Waals surface area (Å²) in [5.74, 6) is 0.343. The molecule has 1 aliphatic heterocycles. The summed E-state index contributed by atoms with van der Waals surface area (Å²) in [4.78, 5) is 6.16. The highest BCUT2D eigenvalue weighted by Crippen LogP contribution is 2.29. The number of rotatable bonds is 1. The largest absolute Gasteiger partial charge is 0.359 e. The summed E-state index contributed by atoms with van der Waals surface area (Å²) in [6, 6.07) is 7.89. The lowest BCUT2D eigenvalue weighted by Crippen LogP contribution is -2.55. The molecule has 0 amide bonds. The quantitative estimate of drug-likeness (QED) is 0.710. The van der Waals surface area contributed by atoms with Gasteiger partial charge in [-0.2, -0.15) is 0 Å². The van der Waals surface area contributed by atoms with Gasteiger partial charge in [-0.3, -0.25) is 16.0 Å². The molecule has 0 saturated carbocycles. The van der Waals surface area contributed by atoms with Crippen LogP contribution in [-0.2, 0) is 0 Å². The molecule has 1 atom stereocenters. The Hall–Kier alpha value is -1.92. The molecule has 2 aromatic rings. The summed E-state index contributed by atoms with van der Waals surface area (Å²) < 4.78 is 1.09. The van der Waals surface area contributed by atoms with E-state index in [9.17, 15) is 0 Å². The fourth-order valence-electron chi connectivity index (χ4n) is 1.72. The molecule has 0 radical (unpaired) electrons. The van der Waals surface area contributed by atoms with E-state index in [0.29, 0.717) is 5.84 Å². The third kappa shape index (κ3) is 1.67. The zero-order chi connectivity index (χ0) is 11.8. The number of nitrogens with two attached hydrogens (primary N) is 1. The maximum atomic E-state index is 7.87. The fourth-order valence-corrected chi connectivity index (χ4v) is 2.73. The number of hydrogen-bond acceptors (Lipinski definition) is 5.